The average Bonchev–Trinajstić information content (AvgIpc) is 3.61. The fraction of sp³-hybridized carbons (Fsp3) is 0.259. The first-order valence-corrected chi connectivity index (χ1v) is 12.6. The number of hydrogen-bond donors (Lipinski definition) is 1. The van der Waals surface area contributed by atoms with Crippen LogP contribution in [0.3, 0.4) is 0 Å². The van der Waals surface area contributed by atoms with E-state index in [-0.39, 0.29) is 17.7 Å². The number of aromatic hydroxyl groups is 1. The number of hydrogen-bond acceptors (Lipinski definition) is 6. The van der Waals surface area contributed by atoms with Gasteiger partial charge in [0.2, 0.25) is 16.7 Å². The molecule has 8 heteroatoms. The fourth-order valence-electron chi connectivity index (χ4n) is 4.97. The number of thiazole rings is 1. The Morgan fingerprint density at radius 3 is 2.49 bits per heavy atom. The topological polar surface area (TPSA) is 66.8 Å². The lowest BCUT2D eigenvalue weighted by Gasteiger charge is -2.37. The summed E-state index contributed by atoms with van der Waals surface area (Å²) in [5.74, 6) is 1.40. The van der Waals surface area contributed by atoms with Crippen LogP contribution in [-0.4, -0.2) is 37.7 Å². The third-order valence-electron chi connectivity index (χ3n) is 6.76. The Balaban J connectivity index is 1.29. The largest absolute Gasteiger partial charge is 0.492 e. The SMILES string of the molecule is Oc1c(C(c2ccc(F)cc2)N2CCC(Cc3ccccc3)CC2)sc2nc(-c3ccco3)nn12. The zero-order valence-electron chi connectivity index (χ0n) is 19.0. The summed E-state index contributed by atoms with van der Waals surface area (Å²) < 4.78 is 20.6. The Labute approximate surface area is 206 Å². The van der Waals surface area contributed by atoms with Crippen LogP contribution in [0.4, 0.5) is 4.39 Å². The molecule has 0 bridgehead atoms. The highest BCUT2D eigenvalue weighted by Gasteiger charge is 2.32. The molecule has 2 aromatic carbocycles. The van der Waals surface area contributed by atoms with Crippen molar-refractivity contribution in [1.82, 2.24) is 19.5 Å². The molecule has 1 saturated heterocycles. The van der Waals surface area contributed by atoms with Crippen LogP contribution >= 0.6 is 11.3 Å². The first-order valence-electron chi connectivity index (χ1n) is 11.8. The molecule has 1 atom stereocenters. The van der Waals surface area contributed by atoms with Crippen molar-refractivity contribution in [3.63, 3.8) is 0 Å². The molecule has 1 N–H and O–H groups in total. The summed E-state index contributed by atoms with van der Waals surface area (Å²) in [6, 6.07) is 20.6. The van der Waals surface area contributed by atoms with Gasteiger partial charge in [-0.05, 0) is 73.7 Å². The third-order valence-corrected chi connectivity index (χ3v) is 7.83. The van der Waals surface area contributed by atoms with E-state index in [2.05, 4.69) is 45.3 Å². The number of benzene rings is 2. The molecule has 0 radical (unpaired) electrons. The lowest BCUT2D eigenvalue weighted by molar-refractivity contribution is 0.150. The number of fused-ring (bicyclic) bond motifs is 1. The summed E-state index contributed by atoms with van der Waals surface area (Å²) in [7, 11) is 0. The molecule has 0 aliphatic carbocycles. The second-order valence-electron chi connectivity index (χ2n) is 9.02. The maximum absolute atomic E-state index is 13.7. The minimum Gasteiger partial charge on any atom is -0.492 e. The van der Waals surface area contributed by atoms with E-state index in [1.165, 1.54) is 33.5 Å². The summed E-state index contributed by atoms with van der Waals surface area (Å²) in [6.07, 6.45) is 4.78. The van der Waals surface area contributed by atoms with Crippen molar-refractivity contribution in [3.05, 3.63) is 94.8 Å². The Morgan fingerprint density at radius 2 is 1.80 bits per heavy atom. The van der Waals surface area contributed by atoms with Crippen molar-refractivity contribution in [2.45, 2.75) is 25.3 Å². The van der Waals surface area contributed by atoms with E-state index < -0.39 is 0 Å². The second-order valence-corrected chi connectivity index (χ2v) is 10.0. The van der Waals surface area contributed by atoms with Gasteiger partial charge in [0.1, 0.15) is 5.82 Å². The van der Waals surface area contributed by atoms with Gasteiger partial charge in [0.15, 0.2) is 5.76 Å². The van der Waals surface area contributed by atoms with Crippen LogP contribution in [0.2, 0.25) is 0 Å². The minimum absolute atomic E-state index is 0.0658. The van der Waals surface area contributed by atoms with E-state index in [0.717, 1.165) is 42.8 Å². The van der Waals surface area contributed by atoms with Gasteiger partial charge in [0.25, 0.3) is 0 Å². The number of nitrogens with zero attached hydrogens (tertiary/aromatic N) is 4. The number of piperidine rings is 1. The molecule has 6 nitrogen and oxygen atoms in total. The van der Waals surface area contributed by atoms with E-state index in [4.69, 9.17) is 4.42 Å². The maximum Gasteiger partial charge on any atom is 0.230 e. The minimum atomic E-state index is -0.274. The summed E-state index contributed by atoms with van der Waals surface area (Å²) in [5, 5.41) is 15.7. The van der Waals surface area contributed by atoms with E-state index >= 15 is 0 Å². The number of halogens is 1. The number of furan rings is 1. The zero-order valence-corrected chi connectivity index (χ0v) is 19.9. The average molecular weight is 489 g/mol. The number of likely N-dealkylation sites (tertiary alicyclic amines) is 1. The fourth-order valence-corrected chi connectivity index (χ4v) is 6.09. The molecule has 6 rings (SSSR count). The molecule has 0 spiro atoms. The highest BCUT2D eigenvalue weighted by Crippen LogP contribution is 2.42. The molecule has 5 aromatic rings. The Kier molecular flexibility index (Phi) is 5.83. The van der Waals surface area contributed by atoms with Crippen molar-refractivity contribution in [2.24, 2.45) is 5.92 Å². The van der Waals surface area contributed by atoms with Gasteiger partial charge in [0.05, 0.1) is 17.2 Å². The van der Waals surface area contributed by atoms with Gasteiger partial charge in [-0.1, -0.05) is 53.8 Å². The maximum atomic E-state index is 13.7. The lowest BCUT2D eigenvalue weighted by atomic mass is 9.89. The summed E-state index contributed by atoms with van der Waals surface area (Å²) in [5.41, 5.74) is 2.32. The monoisotopic (exact) mass is 488 g/mol. The van der Waals surface area contributed by atoms with Crippen molar-refractivity contribution in [2.75, 3.05) is 13.1 Å². The summed E-state index contributed by atoms with van der Waals surface area (Å²) in [6.45, 7) is 1.79. The van der Waals surface area contributed by atoms with Crippen LogP contribution in [0.25, 0.3) is 16.5 Å². The van der Waals surface area contributed by atoms with Crippen LogP contribution in [0.1, 0.15) is 34.9 Å². The highest BCUT2D eigenvalue weighted by molar-refractivity contribution is 7.17. The molecule has 1 aliphatic rings. The van der Waals surface area contributed by atoms with Gasteiger partial charge in [-0.3, -0.25) is 4.90 Å². The summed E-state index contributed by atoms with van der Waals surface area (Å²) >= 11 is 1.41. The molecular weight excluding hydrogens is 463 g/mol. The molecule has 4 heterocycles. The molecule has 178 valence electrons. The molecule has 0 amide bonds. The molecule has 0 saturated carbocycles. The Morgan fingerprint density at radius 1 is 1.03 bits per heavy atom. The van der Waals surface area contributed by atoms with Gasteiger partial charge in [-0.2, -0.15) is 9.50 Å². The number of rotatable bonds is 6. The first-order chi connectivity index (χ1) is 17.2. The summed E-state index contributed by atoms with van der Waals surface area (Å²) in [4.78, 5) is 8.31. The molecular formula is C27H25FN4O2S. The van der Waals surface area contributed by atoms with Crippen LogP contribution < -0.4 is 0 Å². The number of aromatic nitrogens is 3. The molecule has 35 heavy (non-hydrogen) atoms. The van der Waals surface area contributed by atoms with Crippen molar-refractivity contribution >= 4 is 16.3 Å². The predicted octanol–water partition coefficient (Wildman–Crippen LogP) is 5.94. The molecule has 1 aliphatic heterocycles. The van der Waals surface area contributed by atoms with E-state index in [0.29, 0.717) is 22.5 Å². The molecule has 1 fully saturated rings. The van der Waals surface area contributed by atoms with Gasteiger partial charge >= 0.3 is 0 Å². The van der Waals surface area contributed by atoms with Crippen molar-refractivity contribution < 1.29 is 13.9 Å². The van der Waals surface area contributed by atoms with Crippen LogP contribution in [0, 0.1) is 11.7 Å². The normalized spacial score (nSPS) is 16.1. The van der Waals surface area contributed by atoms with Crippen molar-refractivity contribution in [3.8, 4) is 17.5 Å². The predicted molar refractivity (Wildman–Crippen MR) is 133 cm³/mol. The first kappa shape index (κ1) is 22.0. The Hall–Kier alpha value is -3.49. The van der Waals surface area contributed by atoms with Crippen LogP contribution in [0.15, 0.2) is 77.4 Å². The Bertz CT molecular complexity index is 1410. The van der Waals surface area contributed by atoms with Gasteiger partial charge in [-0.15, -0.1) is 5.10 Å². The van der Waals surface area contributed by atoms with Gasteiger partial charge in [-0.25, -0.2) is 4.39 Å². The van der Waals surface area contributed by atoms with Crippen molar-refractivity contribution in [1.29, 1.82) is 0 Å². The molecule has 1 unspecified atom stereocenters. The standard InChI is InChI=1S/C27H25FN4O2S/c28-21-10-8-20(9-11-21)23(31-14-12-19(13-15-31)17-18-5-2-1-3-6-18)24-26(33)32-27(35-24)29-25(30-32)22-7-4-16-34-22/h1-11,16,19,23,33H,12-15,17H2. The lowest BCUT2D eigenvalue weighted by Crippen LogP contribution is -2.37. The van der Waals surface area contributed by atoms with E-state index in [1.54, 1.807) is 30.5 Å². The molecule has 3 aromatic heterocycles. The van der Waals surface area contributed by atoms with Gasteiger partial charge in [0, 0.05) is 0 Å². The second kappa shape index (κ2) is 9.28. The quantitative estimate of drug-likeness (QED) is 0.320. The highest BCUT2D eigenvalue weighted by atomic mass is 32.1. The van der Waals surface area contributed by atoms with Crippen LogP contribution in [-0.2, 0) is 6.42 Å². The van der Waals surface area contributed by atoms with E-state index in [9.17, 15) is 9.50 Å². The van der Waals surface area contributed by atoms with Gasteiger partial charge < -0.3 is 9.52 Å². The van der Waals surface area contributed by atoms with Crippen LogP contribution in [0.5, 0.6) is 5.88 Å². The smallest absolute Gasteiger partial charge is 0.230 e. The zero-order chi connectivity index (χ0) is 23.8. The third kappa shape index (κ3) is 4.35. The van der Waals surface area contributed by atoms with E-state index in [1.807, 2.05) is 0 Å².